The van der Waals surface area contributed by atoms with E-state index in [4.69, 9.17) is 25.8 Å². The Morgan fingerprint density at radius 2 is 2.04 bits per heavy atom. The molecule has 6 nitrogen and oxygen atoms in total. The van der Waals surface area contributed by atoms with Gasteiger partial charge in [0.2, 0.25) is 5.88 Å². The number of carbonyl (C=O) groups excluding carboxylic acids is 1. The molecule has 2 aliphatic rings. The van der Waals surface area contributed by atoms with Gasteiger partial charge in [0.1, 0.15) is 0 Å². The first-order chi connectivity index (χ1) is 11.2. The molecule has 0 radical (unpaired) electrons. The van der Waals surface area contributed by atoms with E-state index in [1.807, 2.05) is 6.92 Å². The van der Waals surface area contributed by atoms with E-state index >= 15 is 0 Å². The van der Waals surface area contributed by atoms with Gasteiger partial charge < -0.3 is 19.1 Å². The van der Waals surface area contributed by atoms with Gasteiger partial charge in [-0.25, -0.2) is 4.98 Å². The molecule has 0 saturated carbocycles. The van der Waals surface area contributed by atoms with Gasteiger partial charge in [0, 0.05) is 25.1 Å². The number of carbonyl (C=O) groups is 1. The molecular weight excluding hydrogens is 320 g/mol. The Hall–Kier alpha value is -1.37. The SMILES string of the molecule is CCOc1ccc(Cl)c(C(=O)N2CCC(C3OCCO3)CC2)n1. The Balaban J connectivity index is 1.63. The fourth-order valence-electron chi connectivity index (χ4n) is 2.98. The smallest absolute Gasteiger partial charge is 0.274 e. The molecule has 2 aliphatic heterocycles. The van der Waals surface area contributed by atoms with Gasteiger partial charge in [0.15, 0.2) is 12.0 Å². The van der Waals surface area contributed by atoms with E-state index in [9.17, 15) is 4.79 Å². The first-order valence-electron chi connectivity index (χ1n) is 8.01. The number of piperidine rings is 1. The van der Waals surface area contributed by atoms with Crippen molar-refractivity contribution in [3.63, 3.8) is 0 Å². The van der Waals surface area contributed by atoms with Crippen molar-refractivity contribution >= 4 is 17.5 Å². The molecule has 7 heteroatoms. The van der Waals surface area contributed by atoms with Crippen LogP contribution in [-0.4, -0.2) is 55.0 Å². The third kappa shape index (κ3) is 3.76. The van der Waals surface area contributed by atoms with Crippen LogP contribution < -0.4 is 4.74 Å². The Morgan fingerprint density at radius 1 is 1.35 bits per heavy atom. The Labute approximate surface area is 140 Å². The standard InChI is InChI=1S/C16H21ClN2O4/c1-2-21-13-4-3-12(17)14(18-13)15(20)19-7-5-11(6-8-19)16-22-9-10-23-16/h3-4,11,16H,2,5-10H2,1H3. The Kier molecular flexibility index (Phi) is 5.35. The quantitative estimate of drug-likeness (QED) is 0.842. The van der Waals surface area contributed by atoms with Crippen molar-refractivity contribution in [1.29, 1.82) is 0 Å². The molecule has 0 atom stereocenters. The molecule has 0 spiro atoms. The van der Waals surface area contributed by atoms with Crippen molar-refractivity contribution < 1.29 is 19.0 Å². The minimum absolute atomic E-state index is 0.116. The largest absolute Gasteiger partial charge is 0.478 e. The number of halogens is 1. The van der Waals surface area contributed by atoms with Crippen molar-refractivity contribution in [2.75, 3.05) is 32.9 Å². The first kappa shape index (κ1) is 16.5. The third-order valence-corrected chi connectivity index (χ3v) is 4.48. The lowest BCUT2D eigenvalue weighted by Gasteiger charge is -2.33. The topological polar surface area (TPSA) is 60.9 Å². The average Bonchev–Trinajstić information content (AvgIpc) is 3.11. The predicted molar refractivity (Wildman–Crippen MR) is 84.7 cm³/mol. The summed E-state index contributed by atoms with van der Waals surface area (Å²) in [6.45, 7) is 5.00. The van der Waals surface area contributed by atoms with E-state index in [0.717, 1.165) is 12.8 Å². The van der Waals surface area contributed by atoms with Crippen LogP contribution in [0.3, 0.4) is 0 Å². The van der Waals surface area contributed by atoms with Gasteiger partial charge in [0.05, 0.1) is 24.8 Å². The van der Waals surface area contributed by atoms with Gasteiger partial charge in [-0.1, -0.05) is 11.6 Å². The minimum atomic E-state index is -0.150. The summed E-state index contributed by atoms with van der Waals surface area (Å²) in [5.74, 6) is 0.617. The zero-order valence-corrected chi connectivity index (χ0v) is 13.9. The van der Waals surface area contributed by atoms with Gasteiger partial charge in [-0.3, -0.25) is 4.79 Å². The average molecular weight is 341 g/mol. The van der Waals surface area contributed by atoms with E-state index in [-0.39, 0.29) is 17.9 Å². The molecule has 3 heterocycles. The van der Waals surface area contributed by atoms with E-state index in [1.54, 1.807) is 17.0 Å². The molecule has 1 aromatic rings. The summed E-state index contributed by atoms with van der Waals surface area (Å²) >= 11 is 6.14. The van der Waals surface area contributed by atoms with Crippen molar-refractivity contribution in [3.05, 3.63) is 22.8 Å². The second-order valence-electron chi connectivity index (χ2n) is 5.65. The number of rotatable bonds is 4. The number of nitrogens with zero attached hydrogens (tertiary/aromatic N) is 2. The van der Waals surface area contributed by atoms with Crippen molar-refractivity contribution in [3.8, 4) is 5.88 Å². The number of hydrogen-bond donors (Lipinski definition) is 0. The Morgan fingerprint density at radius 3 is 2.70 bits per heavy atom. The van der Waals surface area contributed by atoms with Gasteiger partial charge in [-0.2, -0.15) is 0 Å². The lowest BCUT2D eigenvalue weighted by molar-refractivity contribution is -0.0956. The van der Waals surface area contributed by atoms with Crippen LogP contribution in [0.4, 0.5) is 0 Å². The monoisotopic (exact) mass is 340 g/mol. The highest BCUT2D eigenvalue weighted by Gasteiger charge is 2.32. The zero-order chi connectivity index (χ0) is 16.2. The van der Waals surface area contributed by atoms with Crippen molar-refractivity contribution in [2.45, 2.75) is 26.1 Å². The number of aromatic nitrogens is 1. The molecule has 1 amide bonds. The molecule has 126 valence electrons. The second-order valence-corrected chi connectivity index (χ2v) is 6.06. The summed E-state index contributed by atoms with van der Waals surface area (Å²) in [4.78, 5) is 18.7. The number of amides is 1. The summed E-state index contributed by atoms with van der Waals surface area (Å²) < 4.78 is 16.5. The molecule has 23 heavy (non-hydrogen) atoms. The number of likely N-dealkylation sites (tertiary alicyclic amines) is 1. The molecule has 0 N–H and O–H groups in total. The van der Waals surface area contributed by atoms with Gasteiger partial charge >= 0.3 is 0 Å². The fraction of sp³-hybridized carbons (Fsp3) is 0.625. The molecule has 3 rings (SSSR count). The zero-order valence-electron chi connectivity index (χ0n) is 13.2. The summed E-state index contributed by atoms with van der Waals surface area (Å²) in [6.07, 6.45) is 1.61. The first-order valence-corrected chi connectivity index (χ1v) is 8.38. The molecule has 1 aromatic heterocycles. The van der Waals surface area contributed by atoms with E-state index in [1.165, 1.54) is 0 Å². The summed E-state index contributed by atoms with van der Waals surface area (Å²) in [5, 5.41) is 0.350. The maximum absolute atomic E-state index is 12.7. The molecular formula is C16H21ClN2O4. The summed E-state index contributed by atoms with van der Waals surface area (Å²) in [6, 6.07) is 3.32. The van der Waals surface area contributed by atoms with Crippen LogP contribution in [0.2, 0.25) is 5.02 Å². The Bertz CT molecular complexity index is 555. The minimum Gasteiger partial charge on any atom is -0.478 e. The highest BCUT2D eigenvalue weighted by Crippen LogP contribution is 2.27. The predicted octanol–water partition coefficient (Wildman–Crippen LogP) is 2.36. The van der Waals surface area contributed by atoms with Crippen LogP contribution in [0, 0.1) is 5.92 Å². The van der Waals surface area contributed by atoms with Gasteiger partial charge in [0.25, 0.3) is 5.91 Å². The molecule has 2 fully saturated rings. The highest BCUT2D eigenvalue weighted by atomic mass is 35.5. The molecule has 0 bridgehead atoms. The number of pyridine rings is 1. The number of ether oxygens (including phenoxy) is 3. The maximum Gasteiger partial charge on any atom is 0.274 e. The van der Waals surface area contributed by atoms with Crippen LogP contribution in [-0.2, 0) is 9.47 Å². The third-order valence-electron chi connectivity index (χ3n) is 4.17. The fourth-order valence-corrected chi connectivity index (χ4v) is 3.16. The van der Waals surface area contributed by atoms with Crippen LogP contribution in [0.15, 0.2) is 12.1 Å². The maximum atomic E-state index is 12.7. The number of hydrogen-bond acceptors (Lipinski definition) is 5. The van der Waals surface area contributed by atoms with Crippen molar-refractivity contribution in [1.82, 2.24) is 9.88 Å². The molecule has 0 unspecified atom stereocenters. The van der Waals surface area contributed by atoms with Gasteiger partial charge in [-0.05, 0) is 25.8 Å². The lowest BCUT2D eigenvalue weighted by Crippen LogP contribution is -2.41. The highest BCUT2D eigenvalue weighted by molar-refractivity contribution is 6.33. The molecule has 0 aromatic carbocycles. The van der Waals surface area contributed by atoms with E-state index in [2.05, 4.69) is 4.98 Å². The lowest BCUT2D eigenvalue weighted by atomic mass is 9.96. The van der Waals surface area contributed by atoms with E-state index in [0.29, 0.717) is 49.7 Å². The van der Waals surface area contributed by atoms with Crippen LogP contribution >= 0.6 is 11.6 Å². The molecule has 2 saturated heterocycles. The van der Waals surface area contributed by atoms with Crippen LogP contribution in [0.1, 0.15) is 30.3 Å². The second kappa shape index (κ2) is 7.47. The van der Waals surface area contributed by atoms with Crippen LogP contribution in [0.25, 0.3) is 0 Å². The molecule has 0 aliphatic carbocycles. The summed E-state index contributed by atoms with van der Waals surface area (Å²) in [7, 11) is 0. The van der Waals surface area contributed by atoms with Crippen molar-refractivity contribution in [2.24, 2.45) is 5.92 Å². The summed E-state index contributed by atoms with van der Waals surface area (Å²) in [5.41, 5.74) is 0.254. The normalized spacial score (nSPS) is 20.0. The van der Waals surface area contributed by atoms with Crippen LogP contribution in [0.5, 0.6) is 5.88 Å². The van der Waals surface area contributed by atoms with E-state index < -0.39 is 0 Å². The van der Waals surface area contributed by atoms with Gasteiger partial charge in [-0.15, -0.1) is 0 Å².